The Morgan fingerprint density at radius 2 is 2.20 bits per heavy atom. The van der Waals surface area contributed by atoms with Crippen LogP contribution >= 0.6 is 35.7 Å². The summed E-state index contributed by atoms with van der Waals surface area (Å²) >= 11 is 1.57. The molecule has 0 saturated heterocycles. The number of hydrogen-bond donors (Lipinski definition) is 1. The number of rotatable bonds is 2. The van der Waals surface area contributed by atoms with Crippen molar-refractivity contribution in [3.63, 3.8) is 0 Å². The lowest BCUT2D eigenvalue weighted by Gasteiger charge is -2.00. The van der Waals surface area contributed by atoms with Gasteiger partial charge in [-0.15, -0.1) is 24.0 Å². The summed E-state index contributed by atoms with van der Waals surface area (Å²) in [6.07, 6.45) is 1.69. The summed E-state index contributed by atoms with van der Waals surface area (Å²) in [6.45, 7) is 2.05. The zero-order valence-electron chi connectivity index (χ0n) is 8.47. The van der Waals surface area contributed by atoms with Crippen LogP contribution in [0.2, 0.25) is 0 Å². The van der Waals surface area contributed by atoms with Crippen LogP contribution in [0.25, 0.3) is 11.0 Å². The van der Waals surface area contributed by atoms with Crippen LogP contribution in [-0.2, 0) is 7.05 Å². The summed E-state index contributed by atoms with van der Waals surface area (Å²) in [6, 6.07) is 0. The van der Waals surface area contributed by atoms with Crippen LogP contribution in [0.4, 0.5) is 5.82 Å². The Hall–Kier alpha value is -0.570. The predicted molar refractivity (Wildman–Crippen MR) is 72.5 cm³/mol. The summed E-state index contributed by atoms with van der Waals surface area (Å²) in [4.78, 5) is 8.54. The lowest BCUT2D eigenvalue weighted by molar-refractivity contribution is 0.778. The molecule has 0 unspecified atom stereocenters. The number of anilines is 1. The van der Waals surface area contributed by atoms with E-state index in [1.807, 2.05) is 7.05 Å². The molecule has 0 bridgehead atoms. The fourth-order valence-electron chi connectivity index (χ4n) is 1.22. The van der Waals surface area contributed by atoms with Crippen molar-refractivity contribution in [1.82, 2.24) is 19.7 Å². The van der Waals surface area contributed by atoms with Crippen molar-refractivity contribution in [3.8, 4) is 0 Å². The van der Waals surface area contributed by atoms with E-state index in [0.717, 1.165) is 16.8 Å². The standard InChI is InChI=1S/C8H11N5S.HI/c1-3-14-8-11-6(9)5-4-10-13(2)7(5)12-8;/h4H,3H2,1-2H3,(H2,9,11,12);1H. The third kappa shape index (κ3) is 2.33. The van der Waals surface area contributed by atoms with Crippen molar-refractivity contribution >= 4 is 52.6 Å². The third-order valence-corrected chi connectivity index (χ3v) is 2.60. The zero-order valence-corrected chi connectivity index (χ0v) is 11.6. The van der Waals surface area contributed by atoms with Crippen LogP contribution < -0.4 is 5.73 Å². The van der Waals surface area contributed by atoms with Gasteiger partial charge >= 0.3 is 0 Å². The molecular weight excluding hydrogens is 325 g/mol. The van der Waals surface area contributed by atoms with Crippen molar-refractivity contribution in [2.75, 3.05) is 11.5 Å². The number of aromatic nitrogens is 4. The second-order valence-corrected chi connectivity index (χ2v) is 4.06. The largest absolute Gasteiger partial charge is 0.383 e. The maximum atomic E-state index is 5.78. The van der Waals surface area contributed by atoms with Crippen molar-refractivity contribution < 1.29 is 0 Å². The van der Waals surface area contributed by atoms with Gasteiger partial charge in [0.15, 0.2) is 10.8 Å². The minimum Gasteiger partial charge on any atom is -0.383 e. The van der Waals surface area contributed by atoms with Gasteiger partial charge in [-0.2, -0.15) is 5.10 Å². The maximum absolute atomic E-state index is 5.78. The molecule has 15 heavy (non-hydrogen) atoms. The maximum Gasteiger partial charge on any atom is 0.191 e. The fraction of sp³-hybridized carbons (Fsp3) is 0.375. The Morgan fingerprint density at radius 3 is 2.87 bits per heavy atom. The number of nitrogens with zero attached hydrogens (tertiary/aromatic N) is 4. The van der Waals surface area contributed by atoms with Crippen molar-refractivity contribution in [1.29, 1.82) is 0 Å². The van der Waals surface area contributed by atoms with E-state index in [1.54, 1.807) is 22.6 Å². The second-order valence-electron chi connectivity index (χ2n) is 2.83. The monoisotopic (exact) mass is 337 g/mol. The van der Waals surface area contributed by atoms with Gasteiger partial charge < -0.3 is 5.73 Å². The predicted octanol–water partition coefficient (Wildman–Crippen LogP) is 1.68. The Bertz CT molecular complexity index is 469. The van der Waals surface area contributed by atoms with Gasteiger partial charge in [-0.25, -0.2) is 9.97 Å². The van der Waals surface area contributed by atoms with Crippen LogP contribution in [0.3, 0.4) is 0 Å². The van der Waals surface area contributed by atoms with E-state index in [0.29, 0.717) is 11.0 Å². The molecular formula is C8H12IN5S. The molecule has 0 saturated carbocycles. The van der Waals surface area contributed by atoms with Gasteiger partial charge in [0.2, 0.25) is 0 Å². The molecule has 0 spiro atoms. The highest BCUT2D eigenvalue weighted by molar-refractivity contribution is 14.0. The van der Waals surface area contributed by atoms with Crippen molar-refractivity contribution in [2.45, 2.75) is 12.1 Å². The normalized spacial score (nSPS) is 10.3. The molecule has 0 aliphatic heterocycles. The highest BCUT2D eigenvalue weighted by Crippen LogP contribution is 2.21. The molecule has 0 fully saturated rings. The van der Waals surface area contributed by atoms with Gasteiger partial charge in [-0.1, -0.05) is 18.7 Å². The molecule has 2 heterocycles. The number of nitrogen functional groups attached to an aromatic ring is 1. The van der Waals surface area contributed by atoms with E-state index in [4.69, 9.17) is 5.73 Å². The Kier molecular flexibility index (Phi) is 4.14. The summed E-state index contributed by atoms with van der Waals surface area (Å²) in [7, 11) is 1.84. The molecule has 2 N–H and O–H groups in total. The van der Waals surface area contributed by atoms with Gasteiger partial charge in [0.05, 0.1) is 11.6 Å². The Labute approximate surface area is 109 Å². The van der Waals surface area contributed by atoms with Gasteiger partial charge in [-0.3, -0.25) is 4.68 Å². The van der Waals surface area contributed by atoms with Crippen LogP contribution in [0, 0.1) is 0 Å². The first-order valence-electron chi connectivity index (χ1n) is 4.30. The summed E-state index contributed by atoms with van der Waals surface area (Å²) in [5, 5.41) is 5.60. The van der Waals surface area contributed by atoms with Crippen molar-refractivity contribution in [2.24, 2.45) is 7.05 Å². The number of thioether (sulfide) groups is 1. The van der Waals surface area contributed by atoms with Crippen LogP contribution in [0.15, 0.2) is 11.4 Å². The zero-order chi connectivity index (χ0) is 10.1. The molecule has 2 rings (SSSR count). The lowest BCUT2D eigenvalue weighted by Crippen LogP contribution is -1.98. The van der Waals surface area contributed by atoms with E-state index in [2.05, 4.69) is 22.0 Å². The minimum absolute atomic E-state index is 0. The number of halogens is 1. The summed E-state index contributed by atoms with van der Waals surface area (Å²) < 4.78 is 1.70. The molecule has 7 heteroatoms. The Balaban J connectivity index is 0.00000112. The average Bonchev–Trinajstić information content (AvgIpc) is 2.49. The average molecular weight is 337 g/mol. The van der Waals surface area contributed by atoms with Gasteiger partial charge in [0, 0.05) is 7.05 Å². The quantitative estimate of drug-likeness (QED) is 0.513. The van der Waals surface area contributed by atoms with E-state index < -0.39 is 0 Å². The number of aryl methyl sites for hydroxylation is 1. The van der Waals surface area contributed by atoms with E-state index in [1.165, 1.54) is 0 Å². The first-order chi connectivity index (χ1) is 6.72. The van der Waals surface area contributed by atoms with Crippen LogP contribution in [0.1, 0.15) is 6.92 Å². The first kappa shape index (κ1) is 12.5. The van der Waals surface area contributed by atoms with E-state index in [-0.39, 0.29) is 24.0 Å². The topological polar surface area (TPSA) is 69.6 Å². The number of nitrogens with two attached hydrogens (primary N) is 1. The molecule has 0 aliphatic rings. The molecule has 0 radical (unpaired) electrons. The fourth-order valence-corrected chi connectivity index (χ4v) is 1.79. The number of fused-ring (bicyclic) bond motifs is 1. The summed E-state index contributed by atoms with van der Waals surface area (Å²) in [5.41, 5.74) is 6.57. The van der Waals surface area contributed by atoms with Crippen molar-refractivity contribution in [3.05, 3.63) is 6.20 Å². The minimum atomic E-state index is 0. The van der Waals surface area contributed by atoms with E-state index >= 15 is 0 Å². The highest BCUT2D eigenvalue weighted by Gasteiger charge is 2.08. The molecule has 2 aromatic rings. The molecule has 0 aromatic carbocycles. The molecule has 2 aromatic heterocycles. The lowest BCUT2D eigenvalue weighted by atomic mass is 10.4. The molecule has 5 nitrogen and oxygen atoms in total. The molecule has 0 aliphatic carbocycles. The second kappa shape index (κ2) is 4.97. The first-order valence-corrected chi connectivity index (χ1v) is 5.29. The van der Waals surface area contributed by atoms with Gasteiger partial charge in [0.25, 0.3) is 0 Å². The van der Waals surface area contributed by atoms with Gasteiger partial charge in [0.1, 0.15) is 5.82 Å². The molecule has 82 valence electrons. The number of hydrogen-bond acceptors (Lipinski definition) is 5. The molecule has 0 amide bonds. The van der Waals surface area contributed by atoms with Crippen LogP contribution in [-0.4, -0.2) is 25.5 Å². The van der Waals surface area contributed by atoms with Gasteiger partial charge in [-0.05, 0) is 5.75 Å². The SMILES string of the molecule is CCSc1nc(N)c2cnn(C)c2n1.I. The third-order valence-electron chi connectivity index (χ3n) is 1.87. The Morgan fingerprint density at radius 1 is 1.47 bits per heavy atom. The highest BCUT2D eigenvalue weighted by atomic mass is 127. The van der Waals surface area contributed by atoms with Crippen LogP contribution in [0.5, 0.6) is 0 Å². The molecule has 0 atom stereocenters. The smallest absolute Gasteiger partial charge is 0.191 e. The van der Waals surface area contributed by atoms with E-state index in [9.17, 15) is 0 Å². The summed E-state index contributed by atoms with van der Waals surface area (Å²) in [5.74, 6) is 1.43.